The highest BCUT2D eigenvalue weighted by molar-refractivity contribution is 6.09. The van der Waals surface area contributed by atoms with Gasteiger partial charge in [-0.2, -0.15) is 0 Å². The first-order valence-electron chi connectivity index (χ1n) is 6.41. The van der Waals surface area contributed by atoms with Crippen LogP contribution >= 0.6 is 0 Å². The summed E-state index contributed by atoms with van der Waals surface area (Å²) >= 11 is 0. The second kappa shape index (κ2) is 5.07. The second-order valence-electron chi connectivity index (χ2n) is 4.56. The van der Waals surface area contributed by atoms with Crippen LogP contribution in [0.3, 0.4) is 0 Å². The van der Waals surface area contributed by atoms with Crippen molar-refractivity contribution in [2.45, 2.75) is 6.42 Å². The molecule has 0 atom stereocenters. The van der Waals surface area contributed by atoms with Crippen LogP contribution in [0.5, 0.6) is 0 Å². The van der Waals surface area contributed by atoms with Crippen molar-refractivity contribution < 1.29 is 4.79 Å². The second-order valence-corrected chi connectivity index (χ2v) is 4.56. The van der Waals surface area contributed by atoms with Gasteiger partial charge in [-0.15, -0.1) is 0 Å². The third-order valence-corrected chi connectivity index (χ3v) is 3.29. The third kappa shape index (κ3) is 2.41. The molecule has 0 spiro atoms. The SMILES string of the molecule is O=C(/C=C/c1cccc2ccccc12)C1=CCC=C1. The Morgan fingerprint density at radius 2 is 1.89 bits per heavy atom. The van der Waals surface area contributed by atoms with Crippen molar-refractivity contribution in [1.29, 1.82) is 0 Å². The Balaban J connectivity index is 1.93. The first-order valence-corrected chi connectivity index (χ1v) is 6.41. The third-order valence-electron chi connectivity index (χ3n) is 3.29. The van der Waals surface area contributed by atoms with Crippen molar-refractivity contribution in [1.82, 2.24) is 0 Å². The van der Waals surface area contributed by atoms with E-state index < -0.39 is 0 Å². The van der Waals surface area contributed by atoms with Crippen molar-refractivity contribution in [3.05, 3.63) is 77.9 Å². The first-order chi connectivity index (χ1) is 9.34. The van der Waals surface area contributed by atoms with E-state index >= 15 is 0 Å². The zero-order valence-corrected chi connectivity index (χ0v) is 10.5. The van der Waals surface area contributed by atoms with E-state index in [1.165, 1.54) is 10.8 Å². The van der Waals surface area contributed by atoms with Crippen LogP contribution in [-0.2, 0) is 4.79 Å². The van der Waals surface area contributed by atoms with Crippen LogP contribution in [0.4, 0.5) is 0 Å². The van der Waals surface area contributed by atoms with Crippen molar-refractivity contribution in [3.63, 3.8) is 0 Å². The molecule has 0 unspecified atom stereocenters. The first kappa shape index (κ1) is 11.7. The van der Waals surface area contributed by atoms with Gasteiger partial charge in [0.05, 0.1) is 0 Å². The Labute approximate surface area is 112 Å². The van der Waals surface area contributed by atoms with Crippen LogP contribution in [0.2, 0.25) is 0 Å². The molecule has 2 aromatic carbocycles. The monoisotopic (exact) mass is 246 g/mol. The van der Waals surface area contributed by atoms with E-state index in [4.69, 9.17) is 0 Å². The van der Waals surface area contributed by atoms with E-state index in [9.17, 15) is 4.79 Å². The molecule has 0 aliphatic heterocycles. The highest BCUT2D eigenvalue weighted by atomic mass is 16.1. The number of ketones is 1. The number of carbonyl (C=O) groups excluding carboxylic acids is 1. The molecule has 3 rings (SSSR count). The molecule has 0 amide bonds. The van der Waals surface area contributed by atoms with Crippen molar-refractivity contribution in [3.8, 4) is 0 Å². The normalized spacial score (nSPS) is 14.2. The predicted molar refractivity (Wildman–Crippen MR) is 79.8 cm³/mol. The fourth-order valence-electron chi connectivity index (χ4n) is 2.30. The fraction of sp³-hybridized carbons (Fsp3) is 0.0556. The number of allylic oxidation sites excluding steroid dienone is 5. The summed E-state index contributed by atoms with van der Waals surface area (Å²) in [5.74, 6) is 0.0710. The molecule has 1 aliphatic carbocycles. The summed E-state index contributed by atoms with van der Waals surface area (Å²) in [6, 6.07) is 14.3. The Kier molecular flexibility index (Phi) is 3.11. The van der Waals surface area contributed by atoms with E-state index in [1.807, 2.05) is 48.6 Å². The van der Waals surface area contributed by atoms with E-state index in [1.54, 1.807) is 6.08 Å². The summed E-state index contributed by atoms with van der Waals surface area (Å²) in [4.78, 5) is 11.9. The molecule has 1 heteroatoms. The lowest BCUT2D eigenvalue weighted by molar-refractivity contribution is -0.111. The Morgan fingerprint density at radius 1 is 1.05 bits per heavy atom. The topological polar surface area (TPSA) is 17.1 Å². The molecule has 1 aliphatic rings. The zero-order valence-electron chi connectivity index (χ0n) is 10.5. The summed E-state index contributed by atoms with van der Waals surface area (Å²) in [5.41, 5.74) is 1.87. The molecule has 0 N–H and O–H groups in total. The predicted octanol–water partition coefficient (Wildman–Crippen LogP) is 4.31. The number of rotatable bonds is 3. The van der Waals surface area contributed by atoms with Gasteiger partial charge >= 0.3 is 0 Å². The molecule has 0 heterocycles. The summed E-state index contributed by atoms with van der Waals surface area (Å²) in [6.45, 7) is 0. The van der Waals surface area contributed by atoms with Gasteiger partial charge in [-0.05, 0) is 28.8 Å². The fourth-order valence-corrected chi connectivity index (χ4v) is 2.30. The van der Waals surface area contributed by atoms with E-state index in [0.717, 1.165) is 17.6 Å². The number of hydrogen-bond acceptors (Lipinski definition) is 1. The van der Waals surface area contributed by atoms with Gasteiger partial charge in [-0.25, -0.2) is 0 Å². The van der Waals surface area contributed by atoms with E-state index in [2.05, 4.69) is 18.2 Å². The lowest BCUT2D eigenvalue weighted by Crippen LogP contribution is -1.93. The molecule has 2 aromatic rings. The van der Waals surface area contributed by atoms with Gasteiger partial charge in [0.15, 0.2) is 5.78 Å². The minimum atomic E-state index is 0.0710. The van der Waals surface area contributed by atoms with Crippen molar-refractivity contribution >= 4 is 22.6 Å². The summed E-state index contributed by atoms with van der Waals surface area (Å²) in [6.07, 6.45) is 10.3. The molecule has 92 valence electrons. The Hall–Kier alpha value is -2.41. The molecule has 0 saturated heterocycles. The Morgan fingerprint density at radius 3 is 2.74 bits per heavy atom. The van der Waals surface area contributed by atoms with Gasteiger partial charge in [-0.1, -0.05) is 66.8 Å². The maximum absolute atomic E-state index is 11.9. The lowest BCUT2D eigenvalue weighted by Gasteiger charge is -2.01. The van der Waals surface area contributed by atoms with Crippen LogP contribution < -0.4 is 0 Å². The minimum Gasteiger partial charge on any atom is -0.289 e. The van der Waals surface area contributed by atoms with Crippen LogP contribution in [0.25, 0.3) is 16.8 Å². The van der Waals surface area contributed by atoms with Gasteiger partial charge in [0.2, 0.25) is 0 Å². The maximum atomic E-state index is 11.9. The number of carbonyl (C=O) groups is 1. The average molecular weight is 246 g/mol. The summed E-state index contributed by atoms with van der Waals surface area (Å²) in [7, 11) is 0. The zero-order chi connectivity index (χ0) is 13.1. The maximum Gasteiger partial charge on any atom is 0.185 e. The highest BCUT2D eigenvalue weighted by Crippen LogP contribution is 2.20. The quantitative estimate of drug-likeness (QED) is 0.737. The van der Waals surface area contributed by atoms with Crippen LogP contribution in [0, 0.1) is 0 Å². The molecular formula is C18H14O. The standard InChI is InChI=1S/C18H14O/c19-18(16-7-1-2-8-16)13-12-15-10-5-9-14-6-3-4-11-17(14)15/h1,3-13H,2H2/b13-12+. The lowest BCUT2D eigenvalue weighted by atomic mass is 10.0. The van der Waals surface area contributed by atoms with Gasteiger partial charge in [0.25, 0.3) is 0 Å². The van der Waals surface area contributed by atoms with Gasteiger partial charge in [0.1, 0.15) is 0 Å². The molecule has 19 heavy (non-hydrogen) atoms. The largest absolute Gasteiger partial charge is 0.289 e. The molecular weight excluding hydrogens is 232 g/mol. The van der Waals surface area contributed by atoms with Gasteiger partial charge in [0, 0.05) is 5.57 Å². The molecule has 0 saturated carbocycles. The van der Waals surface area contributed by atoms with E-state index in [-0.39, 0.29) is 5.78 Å². The van der Waals surface area contributed by atoms with Crippen LogP contribution in [0.1, 0.15) is 12.0 Å². The molecule has 1 nitrogen and oxygen atoms in total. The van der Waals surface area contributed by atoms with Gasteiger partial charge < -0.3 is 0 Å². The van der Waals surface area contributed by atoms with Crippen molar-refractivity contribution in [2.75, 3.05) is 0 Å². The highest BCUT2D eigenvalue weighted by Gasteiger charge is 2.05. The molecule has 0 radical (unpaired) electrons. The minimum absolute atomic E-state index is 0.0710. The number of fused-ring (bicyclic) bond motifs is 1. The number of benzene rings is 2. The average Bonchev–Trinajstić information content (AvgIpc) is 2.99. The van der Waals surface area contributed by atoms with Crippen LogP contribution in [-0.4, -0.2) is 5.78 Å². The molecule has 0 bridgehead atoms. The molecule has 0 aromatic heterocycles. The molecule has 0 fully saturated rings. The summed E-state index contributed by atoms with van der Waals surface area (Å²) in [5, 5.41) is 2.36. The van der Waals surface area contributed by atoms with Gasteiger partial charge in [-0.3, -0.25) is 4.79 Å². The van der Waals surface area contributed by atoms with Crippen LogP contribution in [0.15, 0.2) is 72.3 Å². The number of hydrogen-bond donors (Lipinski definition) is 0. The summed E-state index contributed by atoms with van der Waals surface area (Å²) < 4.78 is 0. The smallest absolute Gasteiger partial charge is 0.185 e. The Bertz CT molecular complexity index is 712. The van der Waals surface area contributed by atoms with Crippen molar-refractivity contribution in [2.24, 2.45) is 0 Å². The van der Waals surface area contributed by atoms with E-state index in [0.29, 0.717) is 0 Å².